The minimum absolute atomic E-state index is 0. The van der Waals surface area contributed by atoms with Crippen molar-refractivity contribution in [1.29, 1.82) is 0 Å². The minimum atomic E-state index is 0. The lowest BCUT2D eigenvalue weighted by Crippen LogP contribution is -2.47. The zero-order chi connectivity index (χ0) is 18.6. The molecule has 148 valence electrons. The minimum Gasteiger partial charge on any atom is -0.467 e. The molecule has 1 aliphatic heterocycles. The fourth-order valence-corrected chi connectivity index (χ4v) is 3.41. The van der Waals surface area contributed by atoms with E-state index in [1.165, 1.54) is 5.57 Å². The standard InChI is InChI=1S/C21H25N5O.ClH/c1-16(2)15-25-9-11-26(12-10-25)21-23-19-8-4-3-7-18(19)20(24-21)22-14-17-6-5-13-27-17;/h3-8,13H,1,9-12,14-15H2,2H3,(H,22,23,24);1H. The first-order chi connectivity index (χ1) is 13.2. The first kappa shape index (κ1) is 20.2. The van der Waals surface area contributed by atoms with Gasteiger partial charge in [-0.05, 0) is 31.2 Å². The third-order valence-corrected chi connectivity index (χ3v) is 4.75. The first-order valence-electron chi connectivity index (χ1n) is 9.34. The van der Waals surface area contributed by atoms with Crippen LogP contribution in [0.3, 0.4) is 0 Å². The highest BCUT2D eigenvalue weighted by Gasteiger charge is 2.20. The van der Waals surface area contributed by atoms with Crippen LogP contribution < -0.4 is 10.2 Å². The highest BCUT2D eigenvalue weighted by atomic mass is 35.5. The van der Waals surface area contributed by atoms with E-state index in [9.17, 15) is 0 Å². The number of piperazine rings is 1. The van der Waals surface area contributed by atoms with E-state index in [0.717, 1.165) is 61.2 Å². The van der Waals surface area contributed by atoms with Crippen LogP contribution in [0.25, 0.3) is 10.9 Å². The van der Waals surface area contributed by atoms with Gasteiger partial charge >= 0.3 is 0 Å². The van der Waals surface area contributed by atoms with Crippen molar-refractivity contribution in [3.05, 3.63) is 60.6 Å². The Balaban J connectivity index is 0.00000225. The molecule has 3 aromatic rings. The molecule has 7 heteroatoms. The number of furan rings is 1. The van der Waals surface area contributed by atoms with Crippen LogP contribution in [-0.2, 0) is 6.54 Å². The molecule has 2 aromatic heterocycles. The van der Waals surface area contributed by atoms with Gasteiger partial charge in [0.05, 0.1) is 18.3 Å². The van der Waals surface area contributed by atoms with Crippen LogP contribution in [0.4, 0.5) is 11.8 Å². The van der Waals surface area contributed by atoms with Crippen molar-refractivity contribution < 1.29 is 4.42 Å². The summed E-state index contributed by atoms with van der Waals surface area (Å²) in [4.78, 5) is 14.3. The summed E-state index contributed by atoms with van der Waals surface area (Å²) in [6.45, 7) is 11.5. The van der Waals surface area contributed by atoms with Gasteiger partial charge in [0.25, 0.3) is 0 Å². The molecule has 0 saturated carbocycles. The van der Waals surface area contributed by atoms with Crippen molar-refractivity contribution in [3.8, 4) is 0 Å². The Morgan fingerprint density at radius 1 is 1.11 bits per heavy atom. The van der Waals surface area contributed by atoms with Crippen molar-refractivity contribution in [3.63, 3.8) is 0 Å². The smallest absolute Gasteiger partial charge is 0.227 e. The normalized spacial score (nSPS) is 14.7. The largest absolute Gasteiger partial charge is 0.467 e. The molecule has 6 nitrogen and oxygen atoms in total. The predicted octanol–water partition coefficient (Wildman–Crippen LogP) is 3.95. The molecule has 0 radical (unpaired) electrons. The van der Waals surface area contributed by atoms with E-state index in [1.54, 1.807) is 6.26 Å². The summed E-state index contributed by atoms with van der Waals surface area (Å²) in [7, 11) is 0. The maximum Gasteiger partial charge on any atom is 0.227 e. The van der Waals surface area contributed by atoms with Gasteiger partial charge in [0.2, 0.25) is 5.95 Å². The van der Waals surface area contributed by atoms with E-state index >= 15 is 0 Å². The Morgan fingerprint density at radius 2 is 1.89 bits per heavy atom. The monoisotopic (exact) mass is 399 g/mol. The fraction of sp³-hybridized carbons (Fsp3) is 0.333. The van der Waals surface area contributed by atoms with Gasteiger partial charge in [0, 0.05) is 38.1 Å². The van der Waals surface area contributed by atoms with E-state index < -0.39 is 0 Å². The third-order valence-electron chi connectivity index (χ3n) is 4.75. The average Bonchev–Trinajstić information content (AvgIpc) is 3.19. The van der Waals surface area contributed by atoms with Crippen LogP contribution in [0, 0.1) is 0 Å². The SMILES string of the molecule is C=C(C)CN1CCN(c2nc(NCc3ccco3)c3ccccc3n2)CC1.Cl. The molecule has 1 fully saturated rings. The van der Waals surface area contributed by atoms with Crippen LogP contribution in [0.1, 0.15) is 12.7 Å². The summed E-state index contributed by atoms with van der Waals surface area (Å²) in [6.07, 6.45) is 1.69. The molecular weight excluding hydrogens is 374 g/mol. The number of fused-ring (bicyclic) bond motifs is 1. The van der Waals surface area contributed by atoms with Gasteiger partial charge in [0.15, 0.2) is 0 Å². The van der Waals surface area contributed by atoms with E-state index in [4.69, 9.17) is 14.4 Å². The van der Waals surface area contributed by atoms with E-state index in [-0.39, 0.29) is 12.4 Å². The van der Waals surface area contributed by atoms with Crippen LogP contribution >= 0.6 is 12.4 Å². The molecule has 1 saturated heterocycles. The highest BCUT2D eigenvalue weighted by molar-refractivity contribution is 5.90. The Hall–Kier alpha value is -2.57. The maximum atomic E-state index is 5.43. The van der Waals surface area contributed by atoms with Crippen molar-refractivity contribution in [2.75, 3.05) is 42.9 Å². The molecule has 0 unspecified atom stereocenters. The Morgan fingerprint density at radius 3 is 2.61 bits per heavy atom. The molecule has 0 spiro atoms. The second kappa shape index (κ2) is 9.08. The van der Waals surface area contributed by atoms with Crippen LogP contribution in [-0.4, -0.2) is 47.6 Å². The second-order valence-corrected chi connectivity index (χ2v) is 7.04. The lowest BCUT2D eigenvalue weighted by atomic mass is 10.2. The molecule has 0 amide bonds. The van der Waals surface area contributed by atoms with E-state index in [2.05, 4.69) is 28.6 Å². The summed E-state index contributed by atoms with van der Waals surface area (Å²) in [5.41, 5.74) is 2.16. The first-order valence-corrected chi connectivity index (χ1v) is 9.34. The zero-order valence-electron chi connectivity index (χ0n) is 16.1. The molecule has 0 aliphatic carbocycles. The van der Waals surface area contributed by atoms with Crippen molar-refractivity contribution >= 4 is 35.1 Å². The van der Waals surface area contributed by atoms with Crippen LogP contribution in [0.5, 0.6) is 0 Å². The van der Waals surface area contributed by atoms with E-state index in [1.807, 2.05) is 36.4 Å². The van der Waals surface area contributed by atoms with Crippen molar-refractivity contribution in [1.82, 2.24) is 14.9 Å². The number of hydrogen-bond acceptors (Lipinski definition) is 6. The maximum absolute atomic E-state index is 5.43. The molecule has 4 rings (SSSR count). The number of rotatable bonds is 6. The van der Waals surface area contributed by atoms with Gasteiger partial charge in [-0.15, -0.1) is 12.4 Å². The molecule has 1 N–H and O–H groups in total. The number of benzene rings is 1. The molecule has 28 heavy (non-hydrogen) atoms. The van der Waals surface area contributed by atoms with Gasteiger partial charge in [-0.25, -0.2) is 4.98 Å². The predicted molar refractivity (Wildman–Crippen MR) is 116 cm³/mol. The number of aromatic nitrogens is 2. The van der Waals surface area contributed by atoms with Gasteiger partial charge in [-0.2, -0.15) is 4.98 Å². The average molecular weight is 400 g/mol. The summed E-state index contributed by atoms with van der Waals surface area (Å²) >= 11 is 0. The Kier molecular flexibility index (Phi) is 6.54. The highest BCUT2D eigenvalue weighted by Crippen LogP contribution is 2.24. The van der Waals surface area contributed by atoms with Crippen LogP contribution in [0.2, 0.25) is 0 Å². The lowest BCUT2D eigenvalue weighted by Gasteiger charge is -2.35. The van der Waals surface area contributed by atoms with Crippen molar-refractivity contribution in [2.24, 2.45) is 0 Å². The fourth-order valence-electron chi connectivity index (χ4n) is 3.41. The molecule has 3 heterocycles. The molecule has 1 aromatic carbocycles. The van der Waals surface area contributed by atoms with Gasteiger partial charge < -0.3 is 14.6 Å². The van der Waals surface area contributed by atoms with Crippen molar-refractivity contribution in [2.45, 2.75) is 13.5 Å². The molecule has 0 atom stereocenters. The summed E-state index contributed by atoms with van der Waals surface area (Å²) in [5, 5.41) is 4.43. The number of anilines is 2. The second-order valence-electron chi connectivity index (χ2n) is 7.04. The van der Waals surface area contributed by atoms with E-state index in [0.29, 0.717) is 6.54 Å². The quantitative estimate of drug-likeness (QED) is 0.633. The number of halogens is 1. The topological polar surface area (TPSA) is 57.4 Å². The van der Waals surface area contributed by atoms with Gasteiger partial charge in [-0.1, -0.05) is 24.3 Å². The van der Waals surface area contributed by atoms with Crippen LogP contribution in [0.15, 0.2) is 59.2 Å². The lowest BCUT2D eigenvalue weighted by molar-refractivity contribution is 0.277. The summed E-state index contributed by atoms with van der Waals surface area (Å²) < 4.78 is 5.43. The Bertz CT molecular complexity index is 920. The zero-order valence-corrected chi connectivity index (χ0v) is 16.9. The molecule has 0 bridgehead atoms. The summed E-state index contributed by atoms with van der Waals surface area (Å²) in [6, 6.07) is 12.0. The molecule has 1 aliphatic rings. The number of hydrogen-bond donors (Lipinski definition) is 1. The number of nitrogens with one attached hydrogen (secondary N) is 1. The van der Waals surface area contributed by atoms with Gasteiger partial charge in [0.1, 0.15) is 11.6 Å². The number of para-hydroxylation sites is 1. The van der Waals surface area contributed by atoms with Gasteiger partial charge in [-0.3, -0.25) is 4.90 Å². The Labute approximate surface area is 171 Å². The number of nitrogens with zero attached hydrogens (tertiary/aromatic N) is 4. The third kappa shape index (κ3) is 4.64. The summed E-state index contributed by atoms with van der Waals surface area (Å²) in [5.74, 6) is 2.51. The molecular formula is C21H26ClN5O.